The molecule has 0 radical (unpaired) electrons. The van der Waals surface area contributed by atoms with Gasteiger partial charge in [-0.1, -0.05) is 17.7 Å². The number of esters is 1. The predicted molar refractivity (Wildman–Crippen MR) is 72.1 cm³/mol. The molecule has 1 heterocycles. The zero-order valence-corrected chi connectivity index (χ0v) is 11.5. The molecule has 102 valence electrons. The molecular formula is C14H16ClNO3. The fourth-order valence-corrected chi connectivity index (χ4v) is 2.34. The summed E-state index contributed by atoms with van der Waals surface area (Å²) >= 11 is 5.83. The SMILES string of the molecule is CC(=O)N1CCC(C(=O)Oc2cccc(Cl)c2)CC1. The van der Waals surface area contributed by atoms with E-state index in [1.54, 1.807) is 36.1 Å². The van der Waals surface area contributed by atoms with Crippen LogP contribution in [0.25, 0.3) is 0 Å². The number of hydrogen-bond donors (Lipinski definition) is 0. The van der Waals surface area contributed by atoms with Crippen LogP contribution in [0.5, 0.6) is 5.75 Å². The lowest BCUT2D eigenvalue weighted by Gasteiger charge is -2.29. The maximum absolute atomic E-state index is 12.0. The third-order valence-electron chi connectivity index (χ3n) is 3.29. The van der Waals surface area contributed by atoms with Gasteiger partial charge in [-0.25, -0.2) is 0 Å². The number of halogens is 1. The van der Waals surface area contributed by atoms with E-state index in [0.29, 0.717) is 36.7 Å². The second-order valence-electron chi connectivity index (χ2n) is 4.66. The van der Waals surface area contributed by atoms with E-state index in [1.807, 2.05) is 0 Å². The second-order valence-corrected chi connectivity index (χ2v) is 5.10. The van der Waals surface area contributed by atoms with Crippen LogP contribution in [0.15, 0.2) is 24.3 Å². The number of carbonyl (C=O) groups excluding carboxylic acids is 2. The lowest BCUT2D eigenvalue weighted by Crippen LogP contribution is -2.40. The first kappa shape index (κ1) is 13.9. The minimum absolute atomic E-state index is 0.0571. The topological polar surface area (TPSA) is 46.6 Å². The Morgan fingerprint density at radius 3 is 2.58 bits per heavy atom. The van der Waals surface area contributed by atoms with E-state index >= 15 is 0 Å². The van der Waals surface area contributed by atoms with Gasteiger partial charge in [-0.2, -0.15) is 0 Å². The molecule has 0 saturated carbocycles. The van der Waals surface area contributed by atoms with Crippen LogP contribution in [0.3, 0.4) is 0 Å². The van der Waals surface area contributed by atoms with Crippen molar-refractivity contribution in [3.05, 3.63) is 29.3 Å². The summed E-state index contributed by atoms with van der Waals surface area (Å²) in [5.41, 5.74) is 0. The zero-order chi connectivity index (χ0) is 13.8. The van der Waals surface area contributed by atoms with Gasteiger partial charge in [0.25, 0.3) is 0 Å². The summed E-state index contributed by atoms with van der Waals surface area (Å²) in [6, 6.07) is 6.78. The van der Waals surface area contributed by atoms with E-state index in [-0.39, 0.29) is 17.8 Å². The fraction of sp³-hybridized carbons (Fsp3) is 0.429. The molecule has 2 rings (SSSR count). The van der Waals surface area contributed by atoms with Crippen molar-refractivity contribution in [1.29, 1.82) is 0 Å². The second kappa shape index (κ2) is 6.06. The summed E-state index contributed by atoms with van der Waals surface area (Å²) in [5, 5.41) is 0.539. The molecule has 5 heteroatoms. The van der Waals surface area contributed by atoms with Gasteiger partial charge in [-0.3, -0.25) is 9.59 Å². The van der Waals surface area contributed by atoms with Gasteiger partial charge in [-0.05, 0) is 31.0 Å². The van der Waals surface area contributed by atoms with Crippen LogP contribution in [0.4, 0.5) is 0 Å². The summed E-state index contributed by atoms with van der Waals surface area (Å²) in [5.74, 6) is 0.133. The number of ether oxygens (including phenoxy) is 1. The molecule has 1 aliphatic rings. The number of hydrogen-bond acceptors (Lipinski definition) is 3. The monoisotopic (exact) mass is 281 g/mol. The van der Waals surface area contributed by atoms with Gasteiger partial charge in [0.2, 0.25) is 5.91 Å². The molecule has 0 atom stereocenters. The molecule has 0 unspecified atom stereocenters. The van der Waals surface area contributed by atoms with Crippen LogP contribution >= 0.6 is 11.6 Å². The van der Waals surface area contributed by atoms with Gasteiger partial charge in [0.15, 0.2) is 0 Å². The molecule has 1 aliphatic heterocycles. The summed E-state index contributed by atoms with van der Waals surface area (Å²) in [7, 11) is 0. The summed E-state index contributed by atoms with van der Waals surface area (Å²) in [6.07, 6.45) is 1.30. The molecule has 19 heavy (non-hydrogen) atoms. The highest BCUT2D eigenvalue weighted by Crippen LogP contribution is 2.22. The number of nitrogens with zero attached hydrogens (tertiary/aromatic N) is 1. The van der Waals surface area contributed by atoms with E-state index in [2.05, 4.69) is 0 Å². The Bertz CT molecular complexity index is 481. The van der Waals surface area contributed by atoms with Gasteiger partial charge in [0.1, 0.15) is 5.75 Å². The Labute approximate surface area is 117 Å². The summed E-state index contributed by atoms with van der Waals surface area (Å²) in [6.45, 7) is 2.78. The van der Waals surface area contributed by atoms with Crippen molar-refractivity contribution in [1.82, 2.24) is 4.90 Å². The third-order valence-corrected chi connectivity index (χ3v) is 3.52. The molecule has 1 amide bonds. The van der Waals surface area contributed by atoms with Gasteiger partial charge in [0.05, 0.1) is 5.92 Å². The van der Waals surface area contributed by atoms with Crippen LogP contribution in [0, 0.1) is 5.92 Å². The molecular weight excluding hydrogens is 266 g/mol. The largest absolute Gasteiger partial charge is 0.426 e. The average molecular weight is 282 g/mol. The molecule has 0 spiro atoms. The van der Waals surface area contributed by atoms with Crippen molar-refractivity contribution in [3.8, 4) is 5.75 Å². The molecule has 0 aliphatic carbocycles. The molecule has 1 fully saturated rings. The number of amides is 1. The van der Waals surface area contributed by atoms with Crippen molar-refractivity contribution in [2.45, 2.75) is 19.8 Å². The maximum atomic E-state index is 12.0. The van der Waals surface area contributed by atoms with Crippen LogP contribution < -0.4 is 4.74 Å². The van der Waals surface area contributed by atoms with Crippen molar-refractivity contribution < 1.29 is 14.3 Å². The molecule has 1 saturated heterocycles. The van der Waals surface area contributed by atoms with E-state index in [0.717, 1.165) is 0 Å². The highest BCUT2D eigenvalue weighted by Gasteiger charge is 2.27. The number of carbonyl (C=O) groups is 2. The first-order valence-corrected chi connectivity index (χ1v) is 6.67. The summed E-state index contributed by atoms with van der Waals surface area (Å²) in [4.78, 5) is 24.9. The minimum atomic E-state index is -0.245. The van der Waals surface area contributed by atoms with Crippen LogP contribution in [0.1, 0.15) is 19.8 Å². The highest BCUT2D eigenvalue weighted by atomic mass is 35.5. The van der Waals surface area contributed by atoms with E-state index in [1.165, 1.54) is 0 Å². The Hall–Kier alpha value is -1.55. The average Bonchev–Trinajstić information content (AvgIpc) is 2.39. The molecule has 0 N–H and O–H groups in total. The Kier molecular flexibility index (Phi) is 4.43. The third kappa shape index (κ3) is 3.70. The Morgan fingerprint density at radius 2 is 2.00 bits per heavy atom. The van der Waals surface area contributed by atoms with Gasteiger partial charge >= 0.3 is 5.97 Å². The highest BCUT2D eigenvalue weighted by molar-refractivity contribution is 6.30. The normalized spacial score (nSPS) is 16.2. The number of benzene rings is 1. The number of piperidine rings is 1. The van der Waals surface area contributed by atoms with Gasteiger partial charge < -0.3 is 9.64 Å². The number of rotatable bonds is 2. The van der Waals surface area contributed by atoms with E-state index < -0.39 is 0 Å². The standard InChI is InChI=1S/C14H16ClNO3/c1-10(17)16-7-5-11(6-8-16)14(18)19-13-4-2-3-12(15)9-13/h2-4,9,11H,5-8H2,1H3. The van der Waals surface area contributed by atoms with Crippen molar-refractivity contribution >= 4 is 23.5 Å². The predicted octanol–water partition coefficient (Wildman–Crippen LogP) is 2.50. The Morgan fingerprint density at radius 1 is 1.32 bits per heavy atom. The molecule has 4 nitrogen and oxygen atoms in total. The quantitative estimate of drug-likeness (QED) is 0.618. The van der Waals surface area contributed by atoms with Crippen LogP contribution in [0.2, 0.25) is 5.02 Å². The first-order valence-electron chi connectivity index (χ1n) is 6.29. The van der Waals surface area contributed by atoms with Crippen molar-refractivity contribution in [2.75, 3.05) is 13.1 Å². The van der Waals surface area contributed by atoms with Crippen LogP contribution in [-0.4, -0.2) is 29.9 Å². The van der Waals surface area contributed by atoms with Crippen molar-refractivity contribution in [3.63, 3.8) is 0 Å². The van der Waals surface area contributed by atoms with Gasteiger partial charge in [-0.15, -0.1) is 0 Å². The molecule has 1 aromatic rings. The molecule has 0 aromatic heterocycles. The fourth-order valence-electron chi connectivity index (χ4n) is 2.16. The molecule has 0 bridgehead atoms. The van der Waals surface area contributed by atoms with Gasteiger partial charge in [0, 0.05) is 25.0 Å². The first-order chi connectivity index (χ1) is 9.06. The van der Waals surface area contributed by atoms with E-state index in [9.17, 15) is 9.59 Å². The van der Waals surface area contributed by atoms with Crippen LogP contribution in [-0.2, 0) is 9.59 Å². The maximum Gasteiger partial charge on any atom is 0.314 e. The lowest BCUT2D eigenvalue weighted by molar-refractivity contribution is -0.142. The van der Waals surface area contributed by atoms with Crippen molar-refractivity contribution in [2.24, 2.45) is 5.92 Å². The Balaban J connectivity index is 1.90. The smallest absolute Gasteiger partial charge is 0.314 e. The zero-order valence-electron chi connectivity index (χ0n) is 10.8. The molecule has 1 aromatic carbocycles. The lowest BCUT2D eigenvalue weighted by atomic mass is 9.97. The number of likely N-dealkylation sites (tertiary alicyclic amines) is 1. The van der Waals surface area contributed by atoms with E-state index in [4.69, 9.17) is 16.3 Å². The summed E-state index contributed by atoms with van der Waals surface area (Å²) < 4.78 is 5.30. The minimum Gasteiger partial charge on any atom is -0.426 e.